The summed E-state index contributed by atoms with van der Waals surface area (Å²) >= 11 is -0.108. The molecule has 0 radical (unpaired) electrons. The van der Waals surface area contributed by atoms with Gasteiger partial charge in [-0.05, 0) is 98.2 Å². The number of alkyl halides is 3. The second-order valence-electron chi connectivity index (χ2n) is 11.1. The molecule has 4 aromatic rings. The molecule has 5 nitrogen and oxygen atoms in total. The van der Waals surface area contributed by atoms with E-state index in [4.69, 9.17) is 4.98 Å². The Labute approximate surface area is 219 Å². The second-order valence-corrected chi connectivity index (χ2v) is 12.2. The van der Waals surface area contributed by atoms with Crippen molar-refractivity contribution in [3.63, 3.8) is 0 Å². The fourth-order valence-corrected chi connectivity index (χ4v) is 6.59. The van der Waals surface area contributed by atoms with Gasteiger partial charge in [-0.2, -0.15) is 18.3 Å². The van der Waals surface area contributed by atoms with E-state index in [0.717, 1.165) is 46.4 Å². The minimum Gasteiger partial charge on any atom is -0.326 e. The molecule has 1 aliphatic carbocycles. The number of nitrogens with one attached hydrogen (secondary N) is 2. The third-order valence-electron chi connectivity index (χ3n) is 7.18. The number of nitrogens with zero attached hydrogens (tertiary/aromatic N) is 3. The summed E-state index contributed by atoms with van der Waals surface area (Å²) in [7, 11) is 0. The van der Waals surface area contributed by atoms with E-state index >= 15 is 0 Å². The molecule has 1 aliphatic rings. The number of hydrogen-bond acceptors (Lipinski definition) is 4. The van der Waals surface area contributed by atoms with Gasteiger partial charge < -0.3 is 9.88 Å². The van der Waals surface area contributed by atoms with E-state index in [1.165, 1.54) is 18.6 Å². The van der Waals surface area contributed by atoms with E-state index in [1.807, 2.05) is 13.8 Å². The van der Waals surface area contributed by atoms with Crippen molar-refractivity contribution < 1.29 is 13.2 Å². The highest BCUT2D eigenvalue weighted by atomic mass is 32.2. The SMILES string of the molecule is Cc1n[nH]c(C)c1-c1ccc2c(c1)nc(Nc1ccc(SC(F)(F)F)cc1)n2[C@@H]1C[C@H](C)CC(C)(C)C1. The van der Waals surface area contributed by atoms with E-state index in [2.05, 4.69) is 59.1 Å². The normalized spacial score (nSPS) is 19.9. The lowest BCUT2D eigenvalue weighted by Gasteiger charge is -2.40. The van der Waals surface area contributed by atoms with Crippen LogP contribution < -0.4 is 5.32 Å². The minimum absolute atomic E-state index is 0.108. The van der Waals surface area contributed by atoms with Crippen LogP contribution in [0, 0.1) is 25.2 Å². The maximum Gasteiger partial charge on any atom is 0.446 e. The topological polar surface area (TPSA) is 58.5 Å². The predicted molar refractivity (Wildman–Crippen MR) is 144 cm³/mol. The number of anilines is 2. The van der Waals surface area contributed by atoms with Crippen molar-refractivity contribution in [1.29, 1.82) is 0 Å². The molecule has 5 rings (SSSR count). The van der Waals surface area contributed by atoms with Crippen LogP contribution >= 0.6 is 11.8 Å². The van der Waals surface area contributed by atoms with E-state index < -0.39 is 5.51 Å². The summed E-state index contributed by atoms with van der Waals surface area (Å²) in [6.07, 6.45) is 3.26. The van der Waals surface area contributed by atoms with Crippen molar-refractivity contribution in [2.75, 3.05) is 5.32 Å². The zero-order valence-corrected chi connectivity index (χ0v) is 22.5. The number of halogens is 3. The molecule has 196 valence electrons. The fraction of sp³-hybridized carbons (Fsp3) is 0.429. The fourth-order valence-electron chi connectivity index (χ4n) is 6.05. The van der Waals surface area contributed by atoms with Gasteiger partial charge in [0.15, 0.2) is 0 Å². The molecule has 1 fully saturated rings. The summed E-state index contributed by atoms with van der Waals surface area (Å²) in [5, 5.41) is 10.8. The Hall–Kier alpha value is -2.94. The van der Waals surface area contributed by atoms with Gasteiger partial charge in [-0.1, -0.05) is 26.8 Å². The number of thioether (sulfide) groups is 1. The summed E-state index contributed by atoms with van der Waals surface area (Å²) in [4.78, 5) is 5.16. The first-order chi connectivity index (χ1) is 17.4. The summed E-state index contributed by atoms with van der Waals surface area (Å²) in [5.74, 6) is 1.28. The molecule has 9 heteroatoms. The number of H-pyrrole nitrogens is 1. The molecule has 0 saturated heterocycles. The van der Waals surface area contributed by atoms with E-state index in [1.54, 1.807) is 12.1 Å². The van der Waals surface area contributed by atoms with Crippen LogP contribution in [0.3, 0.4) is 0 Å². The smallest absolute Gasteiger partial charge is 0.326 e. The molecule has 37 heavy (non-hydrogen) atoms. The Balaban J connectivity index is 1.56. The summed E-state index contributed by atoms with van der Waals surface area (Å²) in [6, 6.07) is 12.9. The highest BCUT2D eigenvalue weighted by Gasteiger charge is 2.35. The molecular formula is C28H32F3N5S. The number of hydrogen-bond donors (Lipinski definition) is 2. The number of aromatic nitrogens is 4. The Morgan fingerprint density at radius 3 is 2.43 bits per heavy atom. The third-order valence-corrected chi connectivity index (χ3v) is 7.92. The average Bonchev–Trinajstić information content (AvgIpc) is 3.30. The lowest BCUT2D eigenvalue weighted by molar-refractivity contribution is -0.0328. The maximum atomic E-state index is 12.8. The standard InChI is InChI=1S/C28H32F3N5S/c1-16-12-21(15-27(4,5)14-16)36-24-11-6-19(25-17(2)34-35-18(25)3)13-23(24)33-26(36)32-20-7-9-22(10-8-20)37-28(29,30)31/h6-11,13,16,21H,12,14-15H2,1-5H3,(H,32,33)(H,34,35)/t16-,21+/m0/s1. The van der Waals surface area contributed by atoms with Crippen LogP contribution in [0.2, 0.25) is 0 Å². The molecule has 2 aromatic heterocycles. The second kappa shape index (κ2) is 9.42. The molecule has 0 unspecified atom stereocenters. The van der Waals surface area contributed by atoms with Crippen molar-refractivity contribution in [2.45, 2.75) is 70.3 Å². The minimum atomic E-state index is -4.31. The van der Waals surface area contributed by atoms with Crippen LogP contribution in [0.1, 0.15) is 57.5 Å². The van der Waals surface area contributed by atoms with E-state index in [0.29, 0.717) is 17.6 Å². The highest BCUT2D eigenvalue weighted by Crippen LogP contribution is 2.46. The van der Waals surface area contributed by atoms with Crippen molar-refractivity contribution in [3.05, 3.63) is 53.9 Å². The number of aromatic amines is 1. The molecule has 0 spiro atoms. The van der Waals surface area contributed by atoms with Crippen LogP contribution in [-0.4, -0.2) is 25.3 Å². The van der Waals surface area contributed by atoms with Crippen molar-refractivity contribution in [2.24, 2.45) is 11.3 Å². The van der Waals surface area contributed by atoms with Gasteiger partial charge in [0.25, 0.3) is 0 Å². The van der Waals surface area contributed by atoms with Crippen molar-refractivity contribution in [1.82, 2.24) is 19.7 Å². The molecule has 2 heterocycles. The zero-order valence-electron chi connectivity index (χ0n) is 21.7. The first-order valence-electron chi connectivity index (χ1n) is 12.6. The Morgan fingerprint density at radius 2 is 1.81 bits per heavy atom. The molecule has 1 saturated carbocycles. The van der Waals surface area contributed by atoms with Crippen molar-refractivity contribution in [3.8, 4) is 11.1 Å². The lowest BCUT2D eigenvalue weighted by Crippen LogP contribution is -2.29. The van der Waals surface area contributed by atoms with Crippen LogP contribution in [0.25, 0.3) is 22.2 Å². The molecule has 0 amide bonds. The van der Waals surface area contributed by atoms with Crippen molar-refractivity contribution >= 4 is 34.4 Å². The van der Waals surface area contributed by atoms with Gasteiger partial charge in [-0.15, -0.1) is 0 Å². The maximum absolute atomic E-state index is 12.8. The van der Waals surface area contributed by atoms with Gasteiger partial charge in [0.05, 0.1) is 16.7 Å². The summed E-state index contributed by atoms with van der Waals surface area (Å²) in [5.41, 5.74) is 2.60. The molecule has 0 aliphatic heterocycles. The van der Waals surface area contributed by atoms with Crippen LogP contribution in [0.5, 0.6) is 0 Å². The predicted octanol–water partition coefficient (Wildman–Crippen LogP) is 8.79. The molecule has 0 bridgehead atoms. The van der Waals surface area contributed by atoms with Gasteiger partial charge in [0.2, 0.25) is 5.95 Å². The monoisotopic (exact) mass is 527 g/mol. The molecule has 2 N–H and O–H groups in total. The number of imidazole rings is 1. The van der Waals surface area contributed by atoms with Crippen LogP contribution in [0.15, 0.2) is 47.4 Å². The van der Waals surface area contributed by atoms with E-state index in [-0.39, 0.29) is 28.1 Å². The Bertz CT molecular complexity index is 1400. The average molecular weight is 528 g/mol. The highest BCUT2D eigenvalue weighted by molar-refractivity contribution is 8.00. The summed E-state index contributed by atoms with van der Waals surface area (Å²) in [6.45, 7) is 10.9. The van der Waals surface area contributed by atoms with Gasteiger partial charge in [0, 0.05) is 27.9 Å². The zero-order chi connectivity index (χ0) is 26.5. The quantitative estimate of drug-likeness (QED) is 0.255. The molecule has 2 atom stereocenters. The Kier molecular flexibility index (Phi) is 6.54. The first kappa shape index (κ1) is 25.7. The van der Waals surface area contributed by atoms with Crippen LogP contribution in [0.4, 0.5) is 24.8 Å². The van der Waals surface area contributed by atoms with Gasteiger partial charge in [-0.25, -0.2) is 4.98 Å². The first-order valence-corrected chi connectivity index (χ1v) is 13.4. The largest absolute Gasteiger partial charge is 0.446 e. The van der Waals surface area contributed by atoms with Gasteiger partial charge in [-0.3, -0.25) is 5.10 Å². The third kappa shape index (κ3) is 5.51. The van der Waals surface area contributed by atoms with E-state index in [9.17, 15) is 13.2 Å². The number of fused-ring (bicyclic) bond motifs is 1. The molecule has 2 aromatic carbocycles. The number of rotatable bonds is 5. The Morgan fingerprint density at radius 1 is 1.08 bits per heavy atom. The molecular weight excluding hydrogens is 495 g/mol. The number of benzene rings is 2. The van der Waals surface area contributed by atoms with Gasteiger partial charge in [0.1, 0.15) is 0 Å². The van der Waals surface area contributed by atoms with Crippen LogP contribution in [-0.2, 0) is 0 Å². The number of aryl methyl sites for hydroxylation is 2. The van der Waals surface area contributed by atoms with Gasteiger partial charge >= 0.3 is 5.51 Å². The summed E-state index contributed by atoms with van der Waals surface area (Å²) < 4.78 is 40.6. The lowest BCUT2D eigenvalue weighted by atomic mass is 9.70.